The monoisotopic (exact) mass is 215 g/mol. The summed E-state index contributed by atoms with van der Waals surface area (Å²) in [7, 11) is 0. The average molecular weight is 215 g/mol. The van der Waals surface area contributed by atoms with Crippen molar-refractivity contribution in [1.82, 2.24) is 4.98 Å². The molecule has 1 N–H and O–H groups in total. The van der Waals surface area contributed by atoms with Crippen LogP contribution in [0.15, 0.2) is 30.5 Å². The lowest BCUT2D eigenvalue weighted by Gasteiger charge is -2.09. The summed E-state index contributed by atoms with van der Waals surface area (Å²) in [6.07, 6.45) is 1.55. The quantitative estimate of drug-likeness (QED) is 0.837. The van der Waals surface area contributed by atoms with Crippen LogP contribution >= 0.6 is 0 Å². The van der Waals surface area contributed by atoms with Crippen LogP contribution in [-0.2, 0) is 0 Å². The van der Waals surface area contributed by atoms with Crippen LogP contribution in [0.3, 0.4) is 0 Å². The Labute approximate surface area is 93.7 Å². The highest BCUT2D eigenvalue weighted by molar-refractivity contribution is 6.03. The summed E-state index contributed by atoms with van der Waals surface area (Å²) in [6.45, 7) is 4.15. The third-order valence-electron chi connectivity index (χ3n) is 2.65. The Morgan fingerprint density at radius 3 is 2.69 bits per heavy atom. The van der Waals surface area contributed by atoms with Crippen molar-refractivity contribution in [2.24, 2.45) is 0 Å². The van der Waals surface area contributed by atoms with Gasteiger partial charge in [-0.2, -0.15) is 0 Å². The Morgan fingerprint density at radius 2 is 2.06 bits per heavy atom. The zero-order valence-corrected chi connectivity index (χ0v) is 9.27. The van der Waals surface area contributed by atoms with Crippen LogP contribution in [0.4, 0.5) is 0 Å². The first-order valence-electron chi connectivity index (χ1n) is 5.22. The van der Waals surface area contributed by atoms with E-state index in [1.54, 1.807) is 12.3 Å². The van der Waals surface area contributed by atoms with Crippen LogP contribution in [0.25, 0.3) is 10.9 Å². The molecule has 82 valence electrons. The number of nitrogens with zero attached hydrogens (tertiary/aromatic N) is 1. The Bertz CT molecular complexity index is 547. The van der Waals surface area contributed by atoms with Crippen LogP contribution in [-0.4, -0.2) is 16.1 Å². The molecule has 0 amide bonds. The van der Waals surface area contributed by atoms with Crippen molar-refractivity contribution in [1.29, 1.82) is 0 Å². The van der Waals surface area contributed by atoms with Crippen LogP contribution in [0.5, 0.6) is 0 Å². The Balaban J connectivity index is 2.81. The molecule has 2 rings (SSSR count). The molecule has 0 radical (unpaired) electrons. The van der Waals surface area contributed by atoms with Crippen molar-refractivity contribution in [3.8, 4) is 0 Å². The number of aromatic nitrogens is 1. The molecule has 0 saturated heterocycles. The van der Waals surface area contributed by atoms with E-state index in [0.717, 1.165) is 11.1 Å². The molecule has 1 heterocycles. The fraction of sp³-hybridized carbons (Fsp3) is 0.231. The van der Waals surface area contributed by atoms with Gasteiger partial charge in [-0.1, -0.05) is 32.0 Å². The molecular weight excluding hydrogens is 202 g/mol. The third kappa shape index (κ3) is 1.65. The summed E-state index contributed by atoms with van der Waals surface area (Å²) in [5, 5.41) is 9.79. The SMILES string of the molecule is CC(C)c1cccc2c(C(=O)O)ccnc12. The first-order valence-corrected chi connectivity index (χ1v) is 5.22. The normalized spacial score (nSPS) is 10.9. The molecule has 0 fully saturated rings. The van der Waals surface area contributed by atoms with E-state index in [-0.39, 0.29) is 0 Å². The highest BCUT2D eigenvalue weighted by Gasteiger charge is 2.12. The number of carboxylic acids is 1. The number of fused-ring (bicyclic) bond motifs is 1. The van der Waals surface area contributed by atoms with Crippen LogP contribution in [0, 0.1) is 0 Å². The summed E-state index contributed by atoms with van der Waals surface area (Å²) in [5.41, 5.74) is 2.19. The molecule has 1 aromatic heterocycles. The number of rotatable bonds is 2. The highest BCUT2D eigenvalue weighted by Crippen LogP contribution is 2.25. The van der Waals surface area contributed by atoms with Gasteiger partial charge in [0.05, 0.1) is 11.1 Å². The first-order chi connectivity index (χ1) is 7.61. The maximum atomic E-state index is 11.1. The van der Waals surface area contributed by atoms with E-state index in [0.29, 0.717) is 16.9 Å². The Morgan fingerprint density at radius 1 is 1.31 bits per heavy atom. The van der Waals surface area contributed by atoms with Crippen molar-refractivity contribution >= 4 is 16.9 Å². The Kier molecular flexibility index (Phi) is 2.60. The highest BCUT2D eigenvalue weighted by atomic mass is 16.4. The minimum atomic E-state index is -0.909. The lowest BCUT2D eigenvalue weighted by Crippen LogP contribution is -2.00. The molecule has 1 aromatic carbocycles. The molecule has 0 bridgehead atoms. The van der Waals surface area contributed by atoms with E-state index in [1.807, 2.05) is 12.1 Å². The van der Waals surface area contributed by atoms with E-state index in [4.69, 9.17) is 5.11 Å². The first kappa shape index (κ1) is 10.6. The van der Waals surface area contributed by atoms with E-state index in [1.165, 1.54) is 6.07 Å². The number of hydrogen-bond donors (Lipinski definition) is 1. The van der Waals surface area contributed by atoms with Crippen LogP contribution in [0.2, 0.25) is 0 Å². The van der Waals surface area contributed by atoms with E-state index in [2.05, 4.69) is 18.8 Å². The number of para-hydroxylation sites is 1. The van der Waals surface area contributed by atoms with E-state index < -0.39 is 5.97 Å². The van der Waals surface area contributed by atoms with Crippen molar-refractivity contribution < 1.29 is 9.90 Å². The Hall–Kier alpha value is -1.90. The second-order valence-corrected chi connectivity index (χ2v) is 4.06. The van der Waals surface area contributed by atoms with Gasteiger partial charge < -0.3 is 5.11 Å². The molecular formula is C13H13NO2. The molecule has 0 aliphatic rings. The van der Waals surface area contributed by atoms with Gasteiger partial charge in [0.2, 0.25) is 0 Å². The summed E-state index contributed by atoms with van der Waals surface area (Å²) < 4.78 is 0. The van der Waals surface area contributed by atoms with E-state index >= 15 is 0 Å². The second kappa shape index (κ2) is 3.93. The maximum Gasteiger partial charge on any atom is 0.336 e. The zero-order chi connectivity index (χ0) is 11.7. The summed E-state index contributed by atoms with van der Waals surface area (Å²) in [5.74, 6) is -0.575. The number of hydrogen-bond acceptors (Lipinski definition) is 2. The van der Waals surface area contributed by atoms with Gasteiger partial charge in [0, 0.05) is 11.6 Å². The largest absolute Gasteiger partial charge is 0.478 e. The molecule has 0 saturated carbocycles. The number of carboxylic acid groups (broad SMARTS) is 1. The van der Waals surface area contributed by atoms with Gasteiger partial charge in [-0.05, 0) is 17.5 Å². The molecule has 0 atom stereocenters. The van der Waals surface area contributed by atoms with Gasteiger partial charge in [0.15, 0.2) is 0 Å². The van der Waals surface area contributed by atoms with Crippen molar-refractivity contribution in [3.05, 3.63) is 41.6 Å². The molecule has 3 nitrogen and oxygen atoms in total. The van der Waals surface area contributed by atoms with Crippen molar-refractivity contribution in [3.63, 3.8) is 0 Å². The van der Waals surface area contributed by atoms with E-state index in [9.17, 15) is 4.79 Å². The van der Waals surface area contributed by atoms with Crippen LogP contribution < -0.4 is 0 Å². The lowest BCUT2D eigenvalue weighted by atomic mass is 9.98. The summed E-state index contributed by atoms with van der Waals surface area (Å²) in [6, 6.07) is 7.21. The lowest BCUT2D eigenvalue weighted by molar-refractivity contribution is 0.0699. The predicted molar refractivity (Wildman–Crippen MR) is 62.8 cm³/mol. The van der Waals surface area contributed by atoms with Crippen molar-refractivity contribution in [2.75, 3.05) is 0 Å². The van der Waals surface area contributed by atoms with Gasteiger partial charge in [-0.15, -0.1) is 0 Å². The molecule has 0 aliphatic carbocycles. The minimum absolute atomic E-state index is 0.313. The molecule has 0 spiro atoms. The van der Waals surface area contributed by atoms with Gasteiger partial charge in [0.25, 0.3) is 0 Å². The number of carbonyl (C=O) groups is 1. The number of benzene rings is 1. The second-order valence-electron chi connectivity index (χ2n) is 4.06. The van der Waals surface area contributed by atoms with Crippen molar-refractivity contribution in [2.45, 2.75) is 19.8 Å². The van der Waals surface area contributed by atoms with Gasteiger partial charge in [-0.25, -0.2) is 4.79 Å². The summed E-state index contributed by atoms with van der Waals surface area (Å²) in [4.78, 5) is 15.4. The van der Waals surface area contributed by atoms with Gasteiger partial charge in [-0.3, -0.25) is 4.98 Å². The fourth-order valence-corrected chi connectivity index (χ4v) is 1.85. The molecule has 0 aliphatic heterocycles. The summed E-state index contributed by atoms with van der Waals surface area (Å²) >= 11 is 0. The maximum absolute atomic E-state index is 11.1. The third-order valence-corrected chi connectivity index (χ3v) is 2.65. The average Bonchev–Trinajstić information content (AvgIpc) is 2.27. The fourth-order valence-electron chi connectivity index (χ4n) is 1.85. The number of pyridine rings is 1. The van der Waals surface area contributed by atoms with Crippen LogP contribution in [0.1, 0.15) is 35.7 Å². The predicted octanol–water partition coefficient (Wildman–Crippen LogP) is 3.06. The topological polar surface area (TPSA) is 50.2 Å². The molecule has 0 unspecified atom stereocenters. The smallest absolute Gasteiger partial charge is 0.336 e. The number of aromatic carboxylic acids is 1. The molecule has 2 aromatic rings. The zero-order valence-electron chi connectivity index (χ0n) is 9.27. The van der Waals surface area contributed by atoms with Gasteiger partial charge >= 0.3 is 5.97 Å². The molecule has 3 heteroatoms. The standard InChI is InChI=1S/C13H13NO2/c1-8(2)9-4-3-5-10-11(13(15)16)6-7-14-12(9)10/h3-8H,1-2H3,(H,15,16). The molecule has 16 heavy (non-hydrogen) atoms. The minimum Gasteiger partial charge on any atom is -0.478 e. The van der Waals surface area contributed by atoms with Gasteiger partial charge in [0.1, 0.15) is 0 Å².